The smallest absolute Gasteiger partial charge is 0.261 e. The Morgan fingerprint density at radius 3 is 2.71 bits per heavy atom. The molecule has 7 heteroatoms. The number of nitrogens with one attached hydrogen (secondary N) is 1. The standard InChI is InChI=1S/C24H27N3O4/c1-30-18-9-11-21(31-2)17(13-18)15-25-23(28)16-8-10-19-20(14-16)26-22-7-5-3-4-6-12-27(22)24(19)29/h8-11,13-14H,3-7,12,15H2,1-2H3,(H,25,28). The van der Waals surface area contributed by atoms with Crippen LogP contribution in [0.2, 0.25) is 0 Å². The zero-order valence-corrected chi connectivity index (χ0v) is 17.9. The minimum absolute atomic E-state index is 0.0185. The van der Waals surface area contributed by atoms with Gasteiger partial charge in [-0.1, -0.05) is 12.8 Å². The summed E-state index contributed by atoms with van der Waals surface area (Å²) in [6.07, 6.45) is 5.11. The van der Waals surface area contributed by atoms with E-state index in [0.717, 1.165) is 43.5 Å². The van der Waals surface area contributed by atoms with E-state index in [1.54, 1.807) is 37.0 Å². The first-order chi connectivity index (χ1) is 15.1. The van der Waals surface area contributed by atoms with Gasteiger partial charge in [0, 0.05) is 30.6 Å². The third-order valence-electron chi connectivity index (χ3n) is 5.76. The summed E-state index contributed by atoms with van der Waals surface area (Å²) in [6, 6.07) is 10.5. The van der Waals surface area contributed by atoms with Crippen LogP contribution in [-0.4, -0.2) is 29.7 Å². The number of aryl methyl sites for hydroxylation is 1. The molecule has 2 aromatic carbocycles. The lowest BCUT2D eigenvalue weighted by atomic mass is 10.1. The van der Waals surface area contributed by atoms with Crippen LogP contribution >= 0.6 is 0 Å². The molecule has 1 amide bonds. The molecule has 0 fully saturated rings. The average molecular weight is 421 g/mol. The number of carbonyl (C=O) groups is 1. The van der Waals surface area contributed by atoms with Crippen molar-refractivity contribution in [1.29, 1.82) is 0 Å². The van der Waals surface area contributed by atoms with Gasteiger partial charge in [-0.15, -0.1) is 0 Å². The van der Waals surface area contributed by atoms with Crippen molar-refractivity contribution in [3.05, 3.63) is 63.7 Å². The van der Waals surface area contributed by atoms with Crippen molar-refractivity contribution in [3.63, 3.8) is 0 Å². The number of fused-ring (bicyclic) bond motifs is 2. The van der Waals surface area contributed by atoms with Crippen molar-refractivity contribution < 1.29 is 14.3 Å². The van der Waals surface area contributed by atoms with Gasteiger partial charge in [0.05, 0.1) is 25.1 Å². The van der Waals surface area contributed by atoms with Gasteiger partial charge >= 0.3 is 0 Å². The number of hydrogen-bond acceptors (Lipinski definition) is 5. The highest BCUT2D eigenvalue weighted by atomic mass is 16.5. The summed E-state index contributed by atoms with van der Waals surface area (Å²) in [6.45, 7) is 0.999. The maximum Gasteiger partial charge on any atom is 0.261 e. The summed E-state index contributed by atoms with van der Waals surface area (Å²) < 4.78 is 12.4. The molecule has 1 N–H and O–H groups in total. The molecule has 0 spiro atoms. The first-order valence-electron chi connectivity index (χ1n) is 10.6. The number of methoxy groups -OCH3 is 2. The first-order valence-corrected chi connectivity index (χ1v) is 10.6. The normalized spacial score (nSPS) is 13.7. The van der Waals surface area contributed by atoms with Gasteiger partial charge < -0.3 is 14.8 Å². The number of amides is 1. The highest BCUT2D eigenvalue weighted by Gasteiger charge is 2.15. The van der Waals surface area contributed by atoms with E-state index >= 15 is 0 Å². The van der Waals surface area contributed by atoms with Crippen molar-refractivity contribution in [2.24, 2.45) is 0 Å². The molecule has 0 radical (unpaired) electrons. The van der Waals surface area contributed by atoms with Gasteiger partial charge in [-0.25, -0.2) is 4.98 Å². The van der Waals surface area contributed by atoms with E-state index in [2.05, 4.69) is 5.32 Å². The molecule has 1 aliphatic rings. The third kappa shape index (κ3) is 4.40. The zero-order chi connectivity index (χ0) is 21.8. The summed E-state index contributed by atoms with van der Waals surface area (Å²) in [4.78, 5) is 30.5. The molecule has 0 saturated carbocycles. The summed E-state index contributed by atoms with van der Waals surface area (Å²) in [7, 11) is 3.18. The Morgan fingerprint density at radius 2 is 1.90 bits per heavy atom. The molecule has 0 saturated heterocycles. The van der Waals surface area contributed by atoms with Crippen molar-refractivity contribution in [2.75, 3.05) is 14.2 Å². The monoisotopic (exact) mass is 421 g/mol. The Labute approximate surface area is 181 Å². The van der Waals surface area contributed by atoms with Crippen LogP contribution in [0.4, 0.5) is 0 Å². The number of carbonyl (C=O) groups excluding carboxylic acids is 1. The second-order valence-corrected chi connectivity index (χ2v) is 7.74. The molecular formula is C24H27N3O4. The fraction of sp³-hybridized carbons (Fsp3) is 0.375. The molecule has 2 heterocycles. The number of aromatic nitrogens is 2. The summed E-state index contributed by atoms with van der Waals surface area (Å²) in [5.74, 6) is 1.95. The van der Waals surface area contributed by atoms with Crippen LogP contribution in [0, 0.1) is 0 Å². The quantitative estimate of drug-likeness (QED) is 0.682. The van der Waals surface area contributed by atoms with E-state index in [-0.39, 0.29) is 18.0 Å². The molecule has 0 aliphatic carbocycles. The van der Waals surface area contributed by atoms with Gasteiger partial charge in [-0.2, -0.15) is 0 Å². The van der Waals surface area contributed by atoms with Crippen LogP contribution in [0.5, 0.6) is 11.5 Å². The van der Waals surface area contributed by atoms with Crippen LogP contribution in [0.25, 0.3) is 10.9 Å². The molecule has 162 valence electrons. The predicted molar refractivity (Wildman–Crippen MR) is 119 cm³/mol. The summed E-state index contributed by atoms with van der Waals surface area (Å²) in [5.41, 5.74) is 1.84. The molecule has 3 aromatic rings. The average Bonchev–Trinajstić information content (AvgIpc) is 2.78. The van der Waals surface area contributed by atoms with E-state index in [9.17, 15) is 9.59 Å². The molecule has 1 aliphatic heterocycles. The van der Waals surface area contributed by atoms with Gasteiger partial charge in [0.25, 0.3) is 11.5 Å². The van der Waals surface area contributed by atoms with Crippen LogP contribution in [0.1, 0.15) is 47.4 Å². The molecule has 0 atom stereocenters. The molecular weight excluding hydrogens is 394 g/mol. The van der Waals surface area contributed by atoms with Crippen LogP contribution < -0.4 is 20.3 Å². The molecule has 0 unspecified atom stereocenters. The minimum Gasteiger partial charge on any atom is -0.497 e. The number of nitrogens with zero attached hydrogens (tertiary/aromatic N) is 2. The fourth-order valence-electron chi connectivity index (χ4n) is 4.03. The van der Waals surface area contributed by atoms with E-state index in [4.69, 9.17) is 14.5 Å². The number of hydrogen-bond donors (Lipinski definition) is 1. The van der Waals surface area contributed by atoms with Crippen molar-refractivity contribution in [1.82, 2.24) is 14.9 Å². The molecule has 0 bridgehead atoms. The zero-order valence-electron chi connectivity index (χ0n) is 17.9. The van der Waals surface area contributed by atoms with E-state index in [1.165, 1.54) is 0 Å². The lowest BCUT2D eigenvalue weighted by molar-refractivity contribution is 0.0950. The number of ether oxygens (including phenoxy) is 2. The fourth-order valence-corrected chi connectivity index (χ4v) is 4.03. The Balaban J connectivity index is 1.59. The second kappa shape index (κ2) is 9.20. The largest absolute Gasteiger partial charge is 0.497 e. The van der Waals surface area contributed by atoms with Gasteiger partial charge in [-0.3, -0.25) is 14.2 Å². The first kappa shape index (κ1) is 20.9. The maximum atomic E-state index is 13.0. The highest BCUT2D eigenvalue weighted by Crippen LogP contribution is 2.24. The van der Waals surface area contributed by atoms with Gasteiger partial charge in [0.2, 0.25) is 0 Å². The Bertz CT molecular complexity index is 1170. The van der Waals surface area contributed by atoms with E-state index < -0.39 is 0 Å². The maximum absolute atomic E-state index is 13.0. The predicted octanol–water partition coefficient (Wildman–Crippen LogP) is 3.46. The van der Waals surface area contributed by atoms with Crippen LogP contribution in [-0.2, 0) is 19.5 Å². The van der Waals surface area contributed by atoms with Crippen molar-refractivity contribution in [2.45, 2.75) is 45.2 Å². The minimum atomic E-state index is -0.236. The molecule has 31 heavy (non-hydrogen) atoms. The summed E-state index contributed by atoms with van der Waals surface area (Å²) >= 11 is 0. The van der Waals surface area contributed by atoms with Crippen molar-refractivity contribution >= 4 is 16.8 Å². The van der Waals surface area contributed by atoms with E-state index in [1.807, 2.05) is 18.2 Å². The Hall–Kier alpha value is -3.35. The topological polar surface area (TPSA) is 82.5 Å². The van der Waals surface area contributed by atoms with Gasteiger partial charge in [0.15, 0.2) is 0 Å². The van der Waals surface area contributed by atoms with Gasteiger partial charge in [-0.05, 0) is 49.2 Å². The highest BCUT2D eigenvalue weighted by molar-refractivity contribution is 5.97. The molecule has 4 rings (SSSR count). The van der Waals surface area contributed by atoms with Crippen LogP contribution in [0.3, 0.4) is 0 Å². The lowest BCUT2D eigenvalue weighted by Gasteiger charge is -2.16. The molecule has 1 aromatic heterocycles. The second-order valence-electron chi connectivity index (χ2n) is 7.74. The number of benzene rings is 2. The number of rotatable bonds is 5. The van der Waals surface area contributed by atoms with Crippen molar-refractivity contribution in [3.8, 4) is 11.5 Å². The Morgan fingerprint density at radius 1 is 1.06 bits per heavy atom. The van der Waals surface area contributed by atoms with Gasteiger partial charge in [0.1, 0.15) is 17.3 Å². The Kier molecular flexibility index (Phi) is 6.21. The molecule has 7 nitrogen and oxygen atoms in total. The lowest BCUT2D eigenvalue weighted by Crippen LogP contribution is -2.27. The SMILES string of the molecule is COc1ccc(OC)c(CNC(=O)c2ccc3c(=O)n4c(nc3c2)CCCCCC4)c1. The third-order valence-corrected chi connectivity index (χ3v) is 5.76. The summed E-state index contributed by atoms with van der Waals surface area (Å²) in [5, 5.41) is 3.47. The van der Waals surface area contributed by atoms with Crippen LogP contribution in [0.15, 0.2) is 41.2 Å². The van der Waals surface area contributed by atoms with E-state index in [0.29, 0.717) is 34.5 Å².